The summed E-state index contributed by atoms with van der Waals surface area (Å²) < 4.78 is 4.62. The van der Waals surface area contributed by atoms with Gasteiger partial charge in [-0.25, -0.2) is 14.4 Å². The van der Waals surface area contributed by atoms with Crippen molar-refractivity contribution in [2.24, 2.45) is 5.92 Å². The molecule has 0 aliphatic heterocycles. The van der Waals surface area contributed by atoms with Gasteiger partial charge in [0.25, 0.3) is 6.47 Å². The molecule has 0 fully saturated rings. The minimum Gasteiger partial charge on any atom is -0.481 e. The van der Waals surface area contributed by atoms with Crippen molar-refractivity contribution in [3.63, 3.8) is 0 Å². The molecule has 0 aliphatic rings. The predicted molar refractivity (Wildman–Crippen MR) is 262 cm³/mol. The maximum Gasteiger partial charge on any atom is 0.327 e. The van der Waals surface area contributed by atoms with Crippen LogP contribution in [0.1, 0.15) is 75.3 Å². The summed E-state index contributed by atoms with van der Waals surface area (Å²) in [4.78, 5) is 152. The fourth-order valence-corrected chi connectivity index (χ4v) is 7.81. The first-order valence-corrected chi connectivity index (χ1v) is 23.8. The SMILES string of the molecule is CN[C@@H](CNC(=O)[C@@H](CC(=O)[C@H](Cc1ccccc1)NC(=O)CCCCC(=O)CC[C@H](NC(=O)N[C@@H](CCC(=O)O)OC=O)C(=O)O)Cc1ccccc1)C(=O)N(C)[C@@H](CC(=O)O)C(=O)N(C)[C@@H](CS)C(=O)O. The van der Waals surface area contributed by atoms with Crippen molar-refractivity contribution in [3.8, 4) is 0 Å². The van der Waals surface area contributed by atoms with Gasteiger partial charge in [-0.3, -0.25) is 43.2 Å². The summed E-state index contributed by atoms with van der Waals surface area (Å²) in [6.07, 6.45) is -3.51. The van der Waals surface area contributed by atoms with Crippen molar-refractivity contribution >= 4 is 84.2 Å². The molecule has 0 saturated carbocycles. The van der Waals surface area contributed by atoms with E-state index in [0.717, 1.165) is 16.8 Å². The molecule has 0 heterocycles. The summed E-state index contributed by atoms with van der Waals surface area (Å²) in [6, 6.07) is 9.57. The van der Waals surface area contributed by atoms with E-state index in [1.54, 1.807) is 60.7 Å². The number of likely N-dealkylation sites (N-methyl/N-ethyl adjacent to an activating group) is 3. The Kier molecular flexibility index (Phi) is 27.5. The lowest BCUT2D eigenvalue weighted by atomic mass is 9.89. The molecule has 2 aromatic rings. The molecular weight excluding hydrogens is 979 g/mol. The number of carboxylic acid groups (broad SMARTS) is 4. The normalized spacial score (nSPS) is 13.7. The zero-order valence-electron chi connectivity index (χ0n) is 40.7. The molecule has 0 radical (unpaired) electrons. The first kappa shape index (κ1) is 61.7. The molecule has 25 heteroatoms. The van der Waals surface area contributed by atoms with Gasteiger partial charge in [-0.1, -0.05) is 60.7 Å². The van der Waals surface area contributed by atoms with E-state index in [1.165, 1.54) is 14.1 Å². The number of rotatable bonds is 36. The molecule has 73 heavy (non-hydrogen) atoms. The second kappa shape index (κ2) is 32.5. The first-order chi connectivity index (χ1) is 34.6. The number of hydrogen-bond acceptors (Lipinski definition) is 15. The summed E-state index contributed by atoms with van der Waals surface area (Å²) in [5.74, 6) is -10.7. The van der Waals surface area contributed by atoms with Gasteiger partial charge in [0.15, 0.2) is 12.0 Å². The Morgan fingerprint density at radius 2 is 1.23 bits per heavy atom. The second-order valence-corrected chi connectivity index (χ2v) is 17.3. The number of urea groups is 1. The van der Waals surface area contributed by atoms with Gasteiger partial charge in [-0.15, -0.1) is 0 Å². The van der Waals surface area contributed by atoms with Crippen LogP contribution in [0.4, 0.5) is 4.79 Å². The van der Waals surface area contributed by atoms with Gasteiger partial charge >= 0.3 is 29.9 Å². The number of ketones is 2. The van der Waals surface area contributed by atoms with Gasteiger partial charge in [-0.2, -0.15) is 12.6 Å². The summed E-state index contributed by atoms with van der Waals surface area (Å²) in [7, 11) is 3.72. The topological polar surface area (TPSA) is 362 Å². The van der Waals surface area contributed by atoms with Crippen LogP contribution in [0.5, 0.6) is 0 Å². The molecule has 0 saturated heterocycles. The van der Waals surface area contributed by atoms with E-state index >= 15 is 0 Å². The molecule has 0 unspecified atom stereocenters. The van der Waals surface area contributed by atoms with E-state index < -0.39 is 115 Å². The number of nitrogens with one attached hydrogen (secondary N) is 5. The average molecular weight is 1040 g/mol. The van der Waals surface area contributed by atoms with Gasteiger partial charge in [0.2, 0.25) is 23.6 Å². The van der Waals surface area contributed by atoms with Crippen LogP contribution in [-0.2, 0) is 70.3 Å². The van der Waals surface area contributed by atoms with Crippen LogP contribution in [0.15, 0.2) is 60.7 Å². The fraction of sp³-hybridized carbons (Fsp3) is 0.500. The number of benzene rings is 2. The van der Waals surface area contributed by atoms with Gasteiger partial charge in [0.1, 0.15) is 30.0 Å². The third kappa shape index (κ3) is 22.7. The highest BCUT2D eigenvalue weighted by Crippen LogP contribution is 2.18. The Bertz CT molecular complexity index is 2220. The van der Waals surface area contributed by atoms with Crippen LogP contribution in [0.25, 0.3) is 0 Å². The zero-order valence-corrected chi connectivity index (χ0v) is 41.6. The standard InChI is InChI=1S/C48H65N7O17S/c1-49-35(44(65)54(2)36(25-42(62)63)45(66)55(3)37(27-73)47(69)70)26-50-43(64)31(22-29-12-6-4-7-13-29)24-38(58)34(23-30-14-8-5-9-15-30)51-39(59)17-11-10-16-32(57)18-19-33(46(67)68)52-48(71)53-40(72-28-56)20-21-41(60)61/h4-9,12-15,28,31,33-37,40,49,73H,10-11,16-27H2,1-3H3,(H,50,64)(H,51,59)(H,60,61)(H,62,63)(H,67,68)(H,69,70)(H2,52,53,71)/t31-,33+,34+,35+,36+,37+,40-/m1/s1. The zero-order chi connectivity index (χ0) is 54.6. The largest absolute Gasteiger partial charge is 0.481 e. The molecule has 0 aromatic heterocycles. The number of hydrogen-bond donors (Lipinski definition) is 10. The van der Waals surface area contributed by atoms with Crippen molar-refractivity contribution in [3.05, 3.63) is 71.8 Å². The molecule has 0 bridgehead atoms. The molecule has 6 amide bonds. The number of amides is 6. The second-order valence-electron chi connectivity index (χ2n) is 16.9. The highest BCUT2D eigenvalue weighted by atomic mass is 32.1. The molecule has 7 atom stereocenters. The fourth-order valence-electron chi connectivity index (χ4n) is 7.41. The number of carboxylic acids is 4. The quantitative estimate of drug-likeness (QED) is 0.0191. The minimum atomic E-state index is -1.63. The Morgan fingerprint density at radius 3 is 1.77 bits per heavy atom. The summed E-state index contributed by atoms with van der Waals surface area (Å²) in [5, 5.41) is 50.1. The van der Waals surface area contributed by atoms with E-state index in [1.807, 2.05) is 0 Å². The summed E-state index contributed by atoms with van der Waals surface area (Å²) >= 11 is 3.98. The molecule has 2 rings (SSSR count). The lowest BCUT2D eigenvalue weighted by Gasteiger charge is -2.34. The van der Waals surface area contributed by atoms with Crippen LogP contribution < -0.4 is 26.6 Å². The molecule has 2 aromatic carbocycles. The Morgan fingerprint density at radius 1 is 0.644 bits per heavy atom. The number of nitrogens with zero attached hydrogens (tertiary/aromatic N) is 2. The van der Waals surface area contributed by atoms with Crippen molar-refractivity contribution in [1.29, 1.82) is 0 Å². The van der Waals surface area contributed by atoms with Crippen LogP contribution in [-0.4, -0.2) is 172 Å². The summed E-state index contributed by atoms with van der Waals surface area (Å²) in [5.41, 5.74) is 1.39. The van der Waals surface area contributed by atoms with Gasteiger partial charge in [0, 0.05) is 64.4 Å². The Balaban J connectivity index is 2.16. The Labute approximate surface area is 426 Å². The third-order valence-electron chi connectivity index (χ3n) is 11.6. The number of unbranched alkanes of at least 4 members (excludes halogenated alkanes) is 1. The molecular formula is C48H65N7O17S. The van der Waals surface area contributed by atoms with Crippen molar-refractivity contribution < 1.29 is 82.7 Å². The lowest BCUT2D eigenvalue weighted by molar-refractivity contribution is -0.154. The van der Waals surface area contributed by atoms with E-state index in [0.29, 0.717) is 11.1 Å². The lowest BCUT2D eigenvalue weighted by Crippen LogP contribution is -2.58. The molecule has 9 N–H and O–H groups in total. The number of carbonyl (C=O) groups is 12. The number of thiol groups is 1. The van der Waals surface area contributed by atoms with Gasteiger partial charge in [0.05, 0.1) is 18.9 Å². The number of aliphatic carboxylic acids is 4. The highest BCUT2D eigenvalue weighted by Gasteiger charge is 2.38. The smallest absolute Gasteiger partial charge is 0.327 e. The van der Waals surface area contributed by atoms with Gasteiger partial charge in [-0.05, 0) is 50.3 Å². The molecule has 0 spiro atoms. The van der Waals surface area contributed by atoms with Crippen LogP contribution >= 0.6 is 12.6 Å². The average Bonchev–Trinajstić information content (AvgIpc) is 3.34. The summed E-state index contributed by atoms with van der Waals surface area (Å²) in [6.45, 7) is -0.390. The molecule has 24 nitrogen and oxygen atoms in total. The maximum absolute atomic E-state index is 14.2. The van der Waals surface area contributed by atoms with Crippen molar-refractivity contribution in [2.45, 2.75) is 113 Å². The predicted octanol–water partition coefficient (Wildman–Crippen LogP) is 0.405. The van der Waals surface area contributed by atoms with Crippen LogP contribution in [0.3, 0.4) is 0 Å². The van der Waals surface area contributed by atoms with E-state index in [-0.39, 0.29) is 88.8 Å². The third-order valence-corrected chi connectivity index (χ3v) is 11.9. The maximum atomic E-state index is 14.2. The Hall–Kier alpha value is -7.41. The number of ether oxygens (including phenoxy) is 1. The monoisotopic (exact) mass is 1040 g/mol. The molecule has 0 aliphatic carbocycles. The van der Waals surface area contributed by atoms with E-state index in [2.05, 4.69) is 43.9 Å². The van der Waals surface area contributed by atoms with E-state index in [9.17, 15) is 72.9 Å². The van der Waals surface area contributed by atoms with Crippen molar-refractivity contribution in [2.75, 3.05) is 33.4 Å². The highest BCUT2D eigenvalue weighted by molar-refractivity contribution is 7.80. The van der Waals surface area contributed by atoms with Crippen LogP contribution in [0, 0.1) is 5.92 Å². The van der Waals surface area contributed by atoms with Gasteiger partial charge < -0.3 is 61.5 Å². The van der Waals surface area contributed by atoms with E-state index in [4.69, 9.17) is 5.11 Å². The first-order valence-electron chi connectivity index (χ1n) is 23.2. The number of Topliss-reactive ketones (excluding diaryl/α,β-unsaturated/α-hetero) is 2. The number of carbonyl (C=O) groups excluding carboxylic acids is 8. The molecule has 400 valence electrons. The van der Waals surface area contributed by atoms with Crippen molar-refractivity contribution in [1.82, 2.24) is 36.4 Å². The minimum absolute atomic E-state index is 0.00926. The van der Waals surface area contributed by atoms with Crippen LogP contribution in [0.2, 0.25) is 0 Å².